The van der Waals surface area contributed by atoms with Crippen molar-refractivity contribution in [1.82, 2.24) is 5.32 Å². The lowest BCUT2D eigenvalue weighted by molar-refractivity contribution is 0.150. The SMILES string of the molecule is CC(C)/C(Cl)=N/OC(=O)NCc1ccc(F)cc1. The van der Waals surface area contributed by atoms with Crippen molar-refractivity contribution < 1.29 is 14.0 Å². The van der Waals surface area contributed by atoms with Gasteiger partial charge in [0.2, 0.25) is 0 Å². The third-order valence-electron chi connectivity index (χ3n) is 2.04. The van der Waals surface area contributed by atoms with Gasteiger partial charge in [-0.3, -0.25) is 4.84 Å². The molecule has 98 valence electrons. The predicted octanol–water partition coefficient (Wildman–Crippen LogP) is 3.26. The number of carbonyl (C=O) groups excluding carboxylic acids is 1. The maximum atomic E-state index is 12.6. The molecule has 0 atom stereocenters. The van der Waals surface area contributed by atoms with Crippen LogP contribution in [0.25, 0.3) is 0 Å². The Morgan fingerprint density at radius 3 is 2.61 bits per heavy atom. The second-order valence-corrected chi connectivity index (χ2v) is 4.31. The van der Waals surface area contributed by atoms with Gasteiger partial charge < -0.3 is 5.32 Å². The predicted molar refractivity (Wildman–Crippen MR) is 67.8 cm³/mol. The molecular formula is C12H14ClFN2O2. The third kappa shape index (κ3) is 5.14. The van der Waals surface area contributed by atoms with Gasteiger partial charge in [-0.2, -0.15) is 0 Å². The number of hydrogen-bond acceptors (Lipinski definition) is 3. The number of rotatable bonds is 4. The fourth-order valence-corrected chi connectivity index (χ4v) is 1.03. The van der Waals surface area contributed by atoms with Gasteiger partial charge in [-0.15, -0.1) is 0 Å². The summed E-state index contributed by atoms with van der Waals surface area (Å²) in [6.45, 7) is 3.88. The lowest BCUT2D eigenvalue weighted by atomic mass is 10.2. The van der Waals surface area contributed by atoms with E-state index in [0.29, 0.717) is 0 Å². The highest BCUT2D eigenvalue weighted by Crippen LogP contribution is 2.03. The summed E-state index contributed by atoms with van der Waals surface area (Å²) in [7, 11) is 0. The van der Waals surface area contributed by atoms with E-state index in [9.17, 15) is 9.18 Å². The van der Waals surface area contributed by atoms with Crippen LogP contribution in [0, 0.1) is 11.7 Å². The van der Waals surface area contributed by atoms with E-state index < -0.39 is 6.09 Å². The van der Waals surface area contributed by atoms with Crippen LogP contribution in [-0.4, -0.2) is 11.3 Å². The largest absolute Gasteiger partial charge is 0.433 e. The summed E-state index contributed by atoms with van der Waals surface area (Å²) in [5, 5.41) is 6.14. The van der Waals surface area contributed by atoms with Crippen molar-refractivity contribution in [3.8, 4) is 0 Å². The van der Waals surface area contributed by atoms with Gasteiger partial charge in [0.1, 0.15) is 11.0 Å². The monoisotopic (exact) mass is 272 g/mol. The standard InChI is InChI=1S/C12H14ClFN2O2/c1-8(2)11(13)16-18-12(17)15-7-9-3-5-10(14)6-4-9/h3-6,8H,7H2,1-2H3,(H,15,17)/b16-11-. The first-order valence-electron chi connectivity index (χ1n) is 5.41. The fourth-order valence-electron chi connectivity index (χ4n) is 0.999. The van der Waals surface area contributed by atoms with Gasteiger partial charge in [-0.1, -0.05) is 42.7 Å². The molecule has 4 nitrogen and oxygen atoms in total. The molecule has 0 unspecified atom stereocenters. The van der Waals surface area contributed by atoms with Gasteiger partial charge in [-0.25, -0.2) is 9.18 Å². The molecule has 1 N–H and O–H groups in total. The van der Waals surface area contributed by atoms with Crippen molar-refractivity contribution >= 4 is 22.9 Å². The first kappa shape index (κ1) is 14.4. The number of nitrogens with zero attached hydrogens (tertiary/aromatic N) is 1. The van der Waals surface area contributed by atoms with Crippen LogP contribution in [0.3, 0.4) is 0 Å². The van der Waals surface area contributed by atoms with E-state index in [1.807, 2.05) is 13.8 Å². The molecule has 0 bridgehead atoms. The Balaban J connectivity index is 2.38. The van der Waals surface area contributed by atoms with E-state index in [4.69, 9.17) is 11.6 Å². The van der Waals surface area contributed by atoms with Crippen LogP contribution in [0.4, 0.5) is 9.18 Å². The second kappa shape index (κ2) is 6.96. The topological polar surface area (TPSA) is 50.7 Å². The minimum absolute atomic E-state index is 0.00318. The number of halogens is 2. The van der Waals surface area contributed by atoms with Crippen molar-refractivity contribution in [3.63, 3.8) is 0 Å². The van der Waals surface area contributed by atoms with Crippen LogP contribution in [0.2, 0.25) is 0 Å². The Kier molecular flexibility index (Phi) is 5.58. The average molecular weight is 273 g/mol. The number of oxime groups is 1. The zero-order chi connectivity index (χ0) is 13.5. The van der Waals surface area contributed by atoms with E-state index in [1.165, 1.54) is 12.1 Å². The zero-order valence-corrected chi connectivity index (χ0v) is 10.9. The summed E-state index contributed by atoms with van der Waals surface area (Å²) < 4.78 is 12.6. The summed E-state index contributed by atoms with van der Waals surface area (Å²) in [5.74, 6) is -0.328. The summed E-state index contributed by atoms with van der Waals surface area (Å²) in [4.78, 5) is 15.8. The Labute approximate surface area is 110 Å². The van der Waals surface area contributed by atoms with Crippen molar-refractivity contribution in [3.05, 3.63) is 35.6 Å². The van der Waals surface area contributed by atoms with Crippen LogP contribution in [0.1, 0.15) is 19.4 Å². The van der Waals surface area contributed by atoms with E-state index >= 15 is 0 Å². The molecule has 18 heavy (non-hydrogen) atoms. The summed E-state index contributed by atoms with van der Waals surface area (Å²) in [6.07, 6.45) is -0.710. The van der Waals surface area contributed by atoms with Gasteiger partial charge in [0.25, 0.3) is 0 Å². The maximum Gasteiger partial charge on any atom is 0.433 e. The van der Waals surface area contributed by atoms with Crippen LogP contribution in [0.15, 0.2) is 29.4 Å². The van der Waals surface area contributed by atoms with Gasteiger partial charge in [0.05, 0.1) is 0 Å². The highest BCUT2D eigenvalue weighted by Gasteiger charge is 2.05. The maximum absolute atomic E-state index is 12.6. The minimum atomic E-state index is -0.710. The van der Waals surface area contributed by atoms with Crippen molar-refractivity contribution in [2.45, 2.75) is 20.4 Å². The number of carbonyl (C=O) groups is 1. The number of hydrogen-bond donors (Lipinski definition) is 1. The Hall–Kier alpha value is -1.62. The number of benzene rings is 1. The normalized spacial score (nSPS) is 11.5. The van der Waals surface area contributed by atoms with Crippen LogP contribution >= 0.6 is 11.6 Å². The average Bonchev–Trinajstić information content (AvgIpc) is 2.35. The highest BCUT2D eigenvalue weighted by atomic mass is 35.5. The summed E-state index contributed by atoms with van der Waals surface area (Å²) in [5.41, 5.74) is 0.757. The molecule has 0 aliphatic rings. The molecule has 1 amide bonds. The first-order chi connectivity index (χ1) is 8.49. The first-order valence-corrected chi connectivity index (χ1v) is 5.79. The molecule has 1 aromatic carbocycles. The Bertz CT molecular complexity index is 432. The second-order valence-electron chi connectivity index (χ2n) is 3.93. The van der Waals surface area contributed by atoms with E-state index in [2.05, 4.69) is 15.3 Å². The van der Waals surface area contributed by atoms with Crippen LogP contribution < -0.4 is 5.32 Å². The molecule has 0 fully saturated rings. The molecule has 0 saturated carbocycles. The van der Waals surface area contributed by atoms with Crippen LogP contribution in [0.5, 0.6) is 0 Å². The highest BCUT2D eigenvalue weighted by molar-refractivity contribution is 6.65. The third-order valence-corrected chi connectivity index (χ3v) is 2.55. The smallest absolute Gasteiger partial charge is 0.316 e. The van der Waals surface area contributed by atoms with E-state index in [-0.39, 0.29) is 23.5 Å². The van der Waals surface area contributed by atoms with Crippen molar-refractivity contribution in [2.75, 3.05) is 0 Å². The molecule has 1 rings (SSSR count). The molecule has 6 heteroatoms. The zero-order valence-electron chi connectivity index (χ0n) is 10.1. The fraction of sp³-hybridized carbons (Fsp3) is 0.333. The van der Waals surface area contributed by atoms with Crippen LogP contribution in [-0.2, 0) is 11.4 Å². The summed E-state index contributed by atoms with van der Waals surface area (Å²) in [6, 6.07) is 5.77. The molecular weight excluding hydrogens is 259 g/mol. The number of nitrogens with one attached hydrogen (secondary N) is 1. The summed E-state index contributed by atoms with van der Waals surface area (Å²) >= 11 is 5.70. The molecule has 0 aromatic heterocycles. The lowest BCUT2D eigenvalue weighted by Gasteiger charge is -2.04. The van der Waals surface area contributed by atoms with Crippen molar-refractivity contribution in [1.29, 1.82) is 0 Å². The lowest BCUT2D eigenvalue weighted by Crippen LogP contribution is -2.22. The molecule has 0 radical (unpaired) electrons. The molecule has 1 aromatic rings. The van der Waals surface area contributed by atoms with Crippen molar-refractivity contribution in [2.24, 2.45) is 11.1 Å². The van der Waals surface area contributed by atoms with Gasteiger partial charge >= 0.3 is 6.09 Å². The molecule has 0 heterocycles. The molecule has 0 spiro atoms. The Morgan fingerprint density at radius 2 is 2.06 bits per heavy atom. The molecule has 0 aliphatic heterocycles. The van der Waals surface area contributed by atoms with Gasteiger partial charge in [-0.05, 0) is 17.7 Å². The Morgan fingerprint density at radius 1 is 1.44 bits per heavy atom. The van der Waals surface area contributed by atoms with E-state index in [0.717, 1.165) is 5.56 Å². The van der Waals surface area contributed by atoms with Gasteiger partial charge in [0.15, 0.2) is 0 Å². The number of amides is 1. The minimum Gasteiger partial charge on any atom is -0.316 e. The quantitative estimate of drug-likeness (QED) is 0.520. The molecule has 0 saturated heterocycles. The van der Waals surface area contributed by atoms with E-state index in [1.54, 1.807) is 12.1 Å². The van der Waals surface area contributed by atoms with Gasteiger partial charge in [0, 0.05) is 12.5 Å². The molecule has 0 aliphatic carbocycles.